The highest BCUT2D eigenvalue weighted by Crippen LogP contribution is 2.51. The van der Waals surface area contributed by atoms with Crippen molar-refractivity contribution in [3.05, 3.63) is 48.5 Å². The average Bonchev–Trinajstić information content (AvgIpc) is 3.18. The van der Waals surface area contributed by atoms with Gasteiger partial charge in [-0.15, -0.1) is 0 Å². The highest BCUT2D eigenvalue weighted by Gasteiger charge is 2.42. The van der Waals surface area contributed by atoms with Gasteiger partial charge in [0.05, 0.1) is 0 Å². The Morgan fingerprint density at radius 2 is 1.45 bits per heavy atom. The summed E-state index contributed by atoms with van der Waals surface area (Å²) in [5.74, 6) is 0. The van der Waals surface area contributed by atoms with Crippen LogP contribution in [0.1, 0.15) is 19.3 Å². The molecule has 1 aliphatic carbocycles. The molecule has 0 amide bonds. The van der Waals surface area contributed by atoms with Gasteiger partial charge in [0.1, 0.15) is 0 Å². The summed E-state index contributed by atoms with van der Waals surface area (Å²) in [5.41, 5.74) is 8.97. The summed E-state index contributed by atoms with van der Waals surface area (Å²) in [6, 6.07) is 17.5. The highest BCUT2D eigenvalue weighted by atomic mass is 15.0. The van der Waals surface area contributed by atoms with Crippen molar-refractivity contribution < 1.29 is 0 Å². The second kappa shape index (κ2) is 4.35. The molecule has 0 unspecified atom stereocenters. The van der Waals surface area contributed by atoms with Gasteiger partial charge in [-0.25, -0.2) is 0 Å². The number of rotatable bonds is 4. The van der Waals surface area contributed by atoms with E-state index in [0.29, 0.717) is 5.41 Å². The number of nitrogens with two attached hydrogens (primary N) is 1. The molecule has 3 aromatic rings. The Labute approximate surface area is 119 Å². The van der Waals surface area contributed by atoms with E-state index >= 15 is 0 Å². The summed E-state index contributed by atoms with van der Waals surface area (Å²) in [6.45, 7) is 1.91. The maximum Gasteiger partial charge on any atom is 0.0491 e. The molecule has 1 aromatic heterocycles. The molecule has 2 N–H and O–H groups in total. The Bertz CT molecular complexity index is 712. The molecule has 0 spiro atoms. The lowest BCUT2D eigenvalue weighted by Gasteiger charge is -2.17. The SMILES string of the molecule is NCCC1(Cn2c3ccccc3c3ccccc32)CC1. The number of nitrogens with zero attached hydrogens (tertiary/aromatic N) is 1. The Kier molecular flexibility index (Phi) is 2.61. The molecule has 2 aromatic carbocycles. The Morgan fingerprint density at radius 3 is 1.95 bits per heavy atom. The summed E-state index contributed by atoms with van der Waals surface area (Å²) in [5, 5.41) is 2.73. The van der Waals surface area contributed by atoms with Crippen LogP contribution < -0.4 is 5.73 Å². The van der Waals surface area contributed by atoms with Crippen LogP contribution in [0.4, 0.5) is 0 Å². The number of para-hydroxylation sites is 2. The van der Waals surface area contributed by atoms with Crippen molar-refractivity contribution >= 4 is 21.8 Å². The third kappa shape index (κ3) is 1.75. The minimum absolute atomic E-state index is 0.458. The van der Waals surface area contributed by atoms with Crippen LogP contribution in [0.5, 0.6) is 0 Å². The van der Waals surface area contributed by atoms with E-state index in [-0.39, 0.29) is 0 Å². The minimum atomic E-state index is 0.458. The van der Waals surface area contributed by atoms with Crippen LogP contribution in [-0.2, 0) is 6.54 Å². The zero-order valence-electron chi connectivity index (χ0n) is 11.7. The highest BCUT2D eigenvalue weighted by molar-refractivity contribution is 6.07. The summed E-state index contributed by atoms with van der Waals surface area (Å²) < 4.78 is 2.51. The largest absolute Gasteiger partial charge is 0.340 e. The van der Waals surface area contributed by atoms with Gasteiger partial charge in [0, 0.05) is 28.4 Å². The lowest BCUT2D eigenvalue weighted by Crippen LogP contribution is -2.16. The third-order valence-corrected chi connectivity index (χ3v) is 4.81. The summed E-state index contributed by atoms with van der Waals surface area (Å²) in [7, 11) is 0. The first-order chi connectivity index (χ1) is 9.83. The Morgan fingerprint density at radius 1 is 0.900 bits per heavy atom. The molecule has 1 aliphatic rings. The fourth-order valence-corrected chi connectivity index (χ4v) is 3.48. The van der Waals surface area contributed by atoms with E-state index in [9.17, 15) is 0 Å². The van der Waals surface area contributed by atoms with Gasteiger partial charge in [0.25, 0.3) is 0 Å². The molecule has 1 heterocycles. The molecule has 0 aliphatic heterocycles. The first-order valence-electron chi connectivity index (χ1n) is 7.49. The number of benzene rings is 2. The van der Waals surface area contributed by atoms with Crippen LogP contribution in [0.25, 0.3) is 21.8 Å². The van der Waals surface area contributed by atoms with E-state index in [1.54, 1.807) is 0 Å². The number of aromatic nitrogens is 1. The normalized spacial score (nSPS) is 16.9. The minimum Gasteiger partial charge on any atom is -0.340 e. The monoisotopic (exact) mass is 264 g/mol. The number of hydrogen-bond donors (Lipinski definition) is 1. The Balaban J connectivity index is 1.92. The van der Waals surface area contributed by atoms with Gasteiger partial charge >= 0.3 is 0 Å². The molecule has 0 bridgehead atoms. The smallest absolute Gasteiger partial charge is 0.0491 e. The predicted octanol–water partition coefficient (Wildman–Crippen LogP) is 3.92. The zero-order valence-corrected chi connectivity index (χ0v) is 11.7. The van der Waals surface area contributed by atoms with Gasteiger partial charge < -0.3 is 10.3 Å². The van der Waals surface area contributed by atoms with Crippen molar-refractivity contribution in [2.24, 2.45) is 11.1 Å². The molecule has 20 heavy (non-hydrogen) atoms. The van der Waals surface area contributed by atoms with E-state index in [2.05, 4.69) is 53.1 Å². The molecular weight excluding hydrogens is 244 g/mol. The molecule has 0 saturated heterocycles. The third-order valence-electron chi connectivity index (χ3n) is 4.81. The van der Waals surface area contributed by atoms with E-state index in [0.717, 1.165) is 19.5 Å². The molecular formula is C18H20N2. The van der Waals surface area contributed by atoms with Crippen LogP contribution >= 0.6 is 0 Å². The van der Waals surface area contributed by atoms with Crippen LogP contribution in [0.2, 0.25) is 0 Å². The first kappa shape index (κ1) is 12.0. The van der Waals surface area contributed by atoms with Gasteiger partial charge in [-0.2, -0.15) is 0 Å². The lowest BCUT2D eigenvalue weighted by molar-refractivity contribution is 0.410. The molecule has 2 heteroatoms. The van der Waals surface area contributed by atoms with Gasteiger partial charge in [-0.05, 0) is 43.4 Å². The van der Waals surface area contributed by atoms with Crippen molar-refractivity contribution in [3.63, 3.8) is 0 Å². The Hall–Kier alpha value is -1.80. The zero-order chi connectivity index (χ0) is 13.6. The van der Waals surface area contributed by atoms with E-state index in [4.69, 9.17) is 5.73 Å². The molecule has 0 radical (unpaired) electrons. The molecule has 102 valence electrons. The van der Waals surface area contributed by atoms with E-state index < -0.39 is 0 Å². The van der Waals surface area contributed by atoms with Crippen molar-refractivity contribution in [2.45, 2.75) is 25.8 Å². The summed E-state index contributed by atoms with van der Waals surface area (Å²) in [6.07, 6.45) is 3.80. The summed E-state index contributed by atoms with van der Waals surface area (Å²) >= 11 is 0. The molecule has 0 atom stereocenters. The van der Waals surface area contributed by atoms with Crippen LogP contribution in [-0.4, -0.2) is 11.1 Å². The first-order valence-corrected chi connectivity index (χ1v) is 7.49. The van der Waals surface area contributed by atoms with Crippen LogP contribution in [0.15, 0.2) is 48.5 Å². The average molecular weight is 264 g/mol. The standard InChI is InChI=1S/C18H20N2/c19-12-11-18(9-10-18)13-20-16-7-3-1-5-14(16)15-6-2-4-8-17(15)20/h1-8H,9-13,19H2. The molecule has 2 nitrogen and oxygen atoms in total. The van der Waals surface area contributed by atoms with Gasteiger partial charge in [-0.3, -0.25) is 0 Å². The van der Waals surface area contributed by atoms with Crippen molar-refractivity contribution in [2.75, 3.05) is 6.54 Å². The van der Waals surface area contributed by atoms with Crippen LogP contribution in [0.3, 0.4) is 0 Å². The molecule has 1 fully saturated rings. The quantitative estimate of drug-likeness (QED) is 0.760. The van der Waals surface area contributed by atoms with Crippen molar-refractivity contribution in [3.8, 4) is 0 Å². The fraction of sp³-hybridized carbons (Fsp3) is 0.333. The fourth-order valence-electron chi connectivity index (χ4n) is 3.48. The second-order valence-corrected chi connectivity index (χ2v) is 6.16. The maximum atomic E-state index is 5.80. The number of hydrogen-bond acceptors (Lipinski definition) is 1. The van der Waals surface area contributed by atoms with Gasteiger partial charge in [0.2, 0.25) is 0 Å². The van der Waals surface area contributed by atoms with Crippen LogP contribution in [0, 0.1) is 5.41 Å². The van der Waals surface area contributed by atoms with Crippen molar-refractivity contribution in [1.82, 2.24) is 4.57 Å². The topological polar surface area (TPSA) is 30.9 Å². The predicted molar refractivity (Wildman–Crippen MR) is 84.8 cm³/mol. The lowest BCUT2D eigenvalue weighted by atomic mass is 10.0. The van der Waals surface area contributed by atoms with Crippen molar-refractivity contribution in [1.29, 1.82) is 0 Å². The maximum absolute atomic E-state index is 5.80. The van der Waals surface area contributed by atoms with E-state index in [1.807, 2.05) is 0 Å². The van der Waals surface area contributed by atoms with Gasteiger partial charge in [-0.1, -0.05) is 36.4 Å². The molecule has 4 rings (SSSR count). The van der Waals surface area contributed by atoms with E-state index in [1.165, 1.54) is 34.6 Å². The molecule has 1 saturated carbocycles. The number of fused-ring (bicyclic) bond motifs is 3. The van der Waals surface area contributed by atoms with Gasteiger partial charge in [0.15, 0.2) is 0 Å². The summed E-state index contributed by atoms with van der Waals surface area (Å²) in [4.78, 5) is 0. The second-order valence-electron chi connectivity index (χ2n) is 6.16.